The second kappa shape index (κ2) is 8.66. The zero-order valence-electron chi connectivity index (χ0n) is 17.8. The van der Waals surface area contributed by atoms with Crippen LogP contribution in [0.1, 0.15) is 81.6 Å². The molecule has 0 unspecified atom stereocenters. The lowest BCUT2D eigenvalue weighted by molar-refractivity contribution is -0.131. The molecule has 0 radical (unpaired) electrons. The maximum Gasteiger partial charge on any atom is 0.225 e. The summed E-state index contributed by atoms with van der Waals surface area (Å²) < 4.78 is 11.4. The summed E-state index contributed by atoms with van der Waals surface area (Å²) in [5.41, 5.74) is -0.643. The Bertz CT molecular complexity index is 392. The Balaban J connectivity index is 4.26. The molecular weight excluding hydrogens is 302 g/mol. The summed E-state index contributed by atoms with van der Waals surface area (Å²) in [6, 6.07) is 0. The highest BCUT2D eigenvalue weighted by Crippen LogP contribution is 2.33. The van der Waals surface area contributed by atoms with E-state index in [9.17, 15) is 4.79 Å². The number of hydrogen-bond acceptors (Lipinski definition) is 3. The molecule has 0 rings (SSSR count). The molecule has 4 heteroatoms. The predicted molar refractivity (Wildman–Crippen MR) is 101 cm³/mol. The first-order valence-electron chi connectivity index (χ1n) is 9.08. The molecule has 0 aromatic carbocycles. The van der Waals surface area contributed by atoms with E-state index in [0.717, 1.165) is 19.3 Å². The molecule has 1 amide bonds. The van der Waals surface area contributed by atoms with Crippen molar-refractivity contribution in [3.63, 3.8) is 0 Å². The van der Waals surface area contributed by atoms with Crippen LogP contribution in [-0.2, 0) is 14.3 Å². The van der Waals surface area contributed by atoms with Crippen molar-refractivity contribution in [3.05, 3.63) is 0 Å². The van der Waals surface area contributed by atoms with Crippen LogP contribution >= 0.6 is 0 Å². The minimum atomic E-state index is -0.355. The van der Waals surface area contributed by atoms with Crippen LogP contribution in [0.4, 0.5) is 0 Å². The van der Waals surface area contributed by atoms with Gasteiger partial charge in [-0.15, -0.1) is 0 Å². The van der Waals surface area contributed by atoms with Crippen LogP contribution in [0.25, 0.3) is 0 Å². The van der Waals surface area contributed by atoms with Crippen molar-refractivity contribution in [2.24, 2.45) is 10.8 Å². The van der Waals surface area contributed by atoms with Gasteiger partial charge in [-0.05, 0) is 52.4 Å². The maximum absolute atomic E-state index is 12.4. The van der Waals surface area contributed by atoms with Gasteiger partial charge in [-0.25, -0.2) is 0 Å². The van der Waals surface area contributed by atoms with Crippen LogP contribution in [0, 0.1) is 10.8 Å². The summed E-state index contributed by atoms with van der Waals surface area (Å²) in [5.74, 6) is 0.119. The van der Waals surface area contributed by atoms with Gasteiger partial charge < -0.3 is 14.8 Å². The SMILES string of the molecule is COC(C)(C)CCOC(C)(C)CCNC(=O)C(C)(C)CC(C)(C)C. The van der Waals surface area contributed by atoms with Gasteiger partial charge in [0.25, 0.3) is 0 Å². The summed E-state index contributed by atoms with van der Waals surface area (Å²) in [4.78, 5) is 12.4. The molecule has 0 saturated heterocycles. The van der Waals surface area contributed by atoms with E-state index in [2.05, 4.69) is 53.8 Å². The molecule has 0 heterocycles. The van der Waals surface area contributed by atoms with Crippen LogP contribution in [0.3, 0.4) is 0 Å². The topological polar surface area (TPSA) is 47.6 Å². The van der Waals surface area contributed by atoms with Gasteiger partial charge in [-0.2, -0.15) is 0 Å². The Hall–Kier alpha value is -0.610. The van der Waals surface area contributed by atoms with Crippen LogP contribution < -0.4 is 5.32 Å². The van der Waals surface area contributed by atoms with Crippen LogP contribution in [0.15, 0.2) is 0 Å². The van der Waals surface area contributed by atoms with Crippen LogP contribution in [-0.4, -0.2) is 37.4 Å². The molecule has 0 atom stereocenters. The minimum Gasteiger partial charge on any atom is -0.379 e. The molecular formula is C20H41NO3. The van der Waals surface area contributed by atoms with E-state index in [0.29, 0.717) is 13.2 Å². The standard InChI is InChI=1S/C20H41NO3/c1-17(2,3)15-18(4,5)16(22)21-13-11-20(8,9)24-14-12-19(6,7)23-10/h11-15H2,1-10H3,(H,21,22). The summed E-state index contributed by atoms with van der Waals surface area (Å²) in [6.07, 6.45) is 2.49. The molecule has 24 heavy (non-hydrogen) atoms. The normalized spacial score (nSPS) is 13.9. The second-order valence-electron chi connectivity index (χ2n) is 9.95. The number of carbonyl (C=O) groups is 1. The van der Waals surface area contributed by atoms with Crippen LogP contribution in [0.5, 0.6) is 0 Å². The molecule has 0 bridgehead atoms. The van der Waals surface area contributed by atoms with E-state index in [-0.39, 0.29) is 27.9 Å². The monoisotopic (exact) mass is 343 g/mol. The fourth-order valence-corrected chi connectivity index (χ4v) is 2.87. The summed E-state index contributed by atoms with van der Waals surface area (Å²) in [6.45, 7) is 20.1. The van der Waals surface area contributed by atoms with Crippen molar-refractivity contribution < 1.29 is 14.3 Å². The van der Waals surface area contributed by atoms with Gasteiger partial charge in [0.05, 0.1) is 17.8 Å². The van der Waals surface area contributed by atoms with Crippen molar-refractivity contribution in [1.82, 2.24) is 5.32 Å². The lowest BCUT2D eigenvalue weighted by Gasteiger charge is -2.32. The number of hydrogen-bond donors (Lipinski definition) is 1. The molecule has 0 aliphatic rings. The summed E-state index contributed by atoms with van der Waals surface area (Å²) in [7, 11) is 1.72. The van der Waals surface area contributed by atoms with Gasteiger partial charge in [-0.3, -0.25) is 4.79 Å². The van der Waals surface area contributed by atoms with E-state index in [1.54, 1.807) is 7.11 Å². The Morgan fingerprint density at radius 1 is 0.875 bits per heavy atom. The Labute approximate surface area is 150 Å². The Morgan fingerprint density at radius 2 is 1.42 bits per heavy atom. The van der Waals surface area contributed by atoms with Crippen LogP contribution in [0.2, 0.25) is 0 Å². The molecule has 4 nitrogen and oxygen atoms in total. The largest absolute Gasteiger partial charge is 0.379 e. The number of rotatable bonds is 10. The third-order valence-corrected chi connectivity index (χ3v) is 4.35. The van der Waals surface area contributed by atoms with E-state index in [4.69, 9.17) is 9.47 Å². The maximum atomic E-state index is 12.4. The third kappa shape index (κ3) is 10.3. The molecule has 0 fully saturated rings. The lowest BCUT2D eigenvalue weighted by Crippen LogP contribution is -2.41. The molecule has 0 aliphatic carbocycles. The number of methoxy groups -OCH3 is 1. The first-order chi connectivity index (χ1) is 10.6. The smallest absolute Gasteiger partial charge is 0.225 e. The van der Waals surface area contributed by atoms with Gasteiger partial charge in [0.1, 0.15) is 0 Å². The second-order valence-corrected chi connectivity index (χ2v) is 9.95. The molecule has 1 N–H and O–H groups in total. The van der Waals surface area contributed by atoms with Crippen molar-refractivity contribution >= 4 is 5.91 Å². The number of nitrogens with one attached hydrogen (secondary N) is 1. The quantitative estimate of drug-likeness (QED) is 0.632. The van der Waals surface area contributed by atoms with E-state index in [1.165, 1.54) is 0 Å². The zero-order valence-corrected chi connectivity index (χ0v) is 17.8. The number of amides is 1. The van der Waals surface area contributed by atoms with E-state index in [1.807, 2.05) is 13.8 Å². The van der Waals surface area contributed by atoms with E-state index < -0.39 is 0 Å². The number of carbonyl (C=O) groups excluding carboxylic acids is 1. The van der Waals surface area contributed by atoms with E-state index >= 15 is 0 Å². The molecule has 0 aromatic rings. The Kier molecular flexibility index (Phi) is 8.44. The average molecular weight is 344 g/mol. The fraction of sp³-hybridized carbons (Fsp3) is 0.950. The van der Waals surface area contributed by atoms with Crippen molar-refractivity contribution in [2.75, 3.05) is 20.3 Å². The summed E-state index contributed by atoms with van der Waals surface area (Å²) >= 11 is 0. The highest BCUT2D eigenvalue weighted by Gasteiger charge is 2.32. The molecule has 0 spiro atoms. The minimum absolute atomic E-state index is 0.119. The van der Waals surface area contributed by atoms with Gasteiger partial charge in [0, 0.05) is 19.1 Å². The molecule has 0 saturated carbocycles. The first kappa shape index (κ1) is 23.4. The highest BCUT2D eigenvalue weighted by atomic mass is 16.5. The molecule has 0 aromatic heterocycles. The van der Waals surface area contributed by atoms with Crippen molar-refractivity contribution in [3.8, 4) is 0 Å². The first-order valence-corrected chi connectivity index (χ1v) is 9.08. The molecule has 144 valence electrons. The number of ether oxygens (including phenoxy) is 2. The fourth-order valence-electron chi connectivity index (χ4n) is 2.87. The highest BCUT2D eigenvalue weighted by molar-refractivity contribution is 5.81. The molecule has 0 aliphatic heterocycles. The average Bonchev–Trinajstić information content (AvgIpc) is 2.35. The van der Waals surface area contributed by atoms with Gasteiger partial charge in [-0.1, -0.05) is 34.6 Å². The predicted octanol–water partition coefficient (Wildman–Crippen LogP) is 4.57. The summed E-state index contributed by atoms with van der Waals surface area (Å²) in [5, 5.41) is 3.08. The Morgan fingerprint density at radius 3 is 1.88 bits per heavy atom. The van der Waals surface area contributed by atoms with Crippen molar-refractivity contribution in [1.29, 1.82) is 0 Å². The van der Waals surface area contributed by atoms with Crippen molar-refractivity contribution in [2.45, 2.75) is 92.8 Å². The lowest BCUT2D eigenvalue weighted by atomic mass is 9.75. The van der Waals surface area contributed by atoms with Gasteiger partial charge in [0.2, 0.25) is 5.91 Å². The van der Waals surface area contributed by atoms with Gasteiger partial charge >= 0.3 is 0 Å². The third-order valence-electron chi connectivity index (χ3n) is 4.35. The van der Waals surface area contributed by atoms with Gasteiger partial charge in [0.15, 0.2) is 0 Å². The zero-order chi connectivity index (χ0) is 19.2.